The molecule has 0 fully saturated rings. The van der Waals surface area contributed by atoms with Gasteiger partial charge in [-0.3, -0.25) is 10.1 Å². The van der Waals surface area contributed by atoms with E-state index in [9.17, 15) is 14.9 Å². The summed E-state index contributed by atoms with van der Waals surface area (Å²) in [7, 11) is 0. The highest BCUT2D eigenvalue weighted by Crippen LogP contribution is 2.27. The average molecular weight is 386 g/mol. The Morgan fingerprint density at radius 3 is 2.67 bits per heavy atom. The molecule has 8 heteroatoms. The van der Waals surface area contributed by atoms with E-state index >= 15 is 0 Å². The van der Waals surface area contributed by atoms with Crippen molar-refractivity contribution in [3.05, 3.63) is 75.8 Å². The van der Waals surface area contributed by atoms with Crippen LogP contribution in [0.1, 0.15) is 0 Å². The molecule has 0 radical (unpaired) electrons. The summed E-state index contributed by atoms with van der Waals surface area (Å²) in [6.07, 6.45) is 0. The first-order valence-corrected chi connectivity index (χ1v) is 8.52. The van der Waals surface area contributed by atoms with E-state index in [0.29, 0.717) is 0 Å². The number of hydrogen-bond donors (Lipinski definition) is 2. The summed E-state index contributed by atoms with van der Waals surface area (Å²) in [5.41, 5.74) is 0.143. The van der Waals surface area contributed by atoms with Gasteiger partial charge in [-0.05, 0) is 17.5 Å². The third kappa shape index (κ3) is 4.65. The number of fused-ring (bicyclic) bond motifs is 1. The monoisotopic (exact) mass is 385 g/mol. The molecule has 0 heterocycles. The molecule has 0 saturated heterocycles. The van der Waals surface area contributed by atoms with E-state index in [2.05, 4.69) is 10.6 Å². The van der Waals surface area contributed by atoms with E-state index in [1.165, 1.54) is 18.2 Å². The number of nitro benzene ring substituents is 1. The Labute approximate surface area is 160 Å². The van der Waals surface area contributed by atoms with Crippen LogP contribution in [0.15, 0.2) is 60.7 Å². The van der Waals surface area contributed by atoms with E-state index in [1.807, 2.05) is 42.5 Å². The molecule has 0 aliphatic carbocycles. The highest BCUT2D eigenvalue weighted by atomic mass is 35.5. The summed E-state index contributed by atoms with van der Waals surface area (Å²) in [6.45, 7) is 0.565. The lowest BCUT2D eigenvalue weighted by Gasteiger charge is -2.11. The van der Waals surface area contributed by atoms with Crippen LogP contribution in [-0.4, -0.2) is 24.1 Å². The van der Waals surface area contributed by atoms with E-state index in [-0.39, 0.29) is 29.5 Å². The number of nitro groups is 1. The molecule has 2 N–H and O–H groups in total. The minimum Gasteiger partial charge on any atom is -0.491 e. The predicted octanol–water partition coefficient (Wildman–Crippen LogP) is 4.60. The number of anilines is 1. The minimum atomic E-state index is -0.555. The lowest BCUT2D eigenvalue weighted by molar-refractivity contribution is -0.384. The summed E-state index contributed by atoms with van der Waals surface area (Å²) in [5, 5.41) is 18.1. The second-order valence-corrected chi connectivity index (χ2v) is 6.04. The highest BCUT2D eigenvalue weighted by molar-refractivity contribution is 6.33. The first-order chi connectivity index (χ1) is 13.0. The number of benzene rings is 3. The maximum absolute atomic E-state index is 11.9. The van der Waals surface area contributed by atoms with Crippen molar-refractivity contribution in [1.29, 1.82) is 0 Å². The number of nitrogens with zero attached hydrogens (tertiary/aromatic N) is 1. The molecule has 3 aromatic rings. The topological polar surface area (TPSA) is 93.5 Å². The number of urea groups is 1. The molecule has 0 aliphatic rings. The van der Waals surface area contributed by atoms with Crippen LogP contribution in [0.2, 0.25) is 5.02 Å². The smallest absolute Gasteiger partial charge is 0.319 e. The molecule has 138 valence electrons. The van der Waals surface area contributed by atoms with Crippen LogP contribution in [0.4, 0.5) is 16.2 Å². The Bertz CT molecular complexity index is 988. The number of rotatable bonds is 6. The second kappa shape index (κ2) is 8.37. The van der Waals surface area contributed by atoms with E-state index < -0.39 is 11.0 Å². The van der Waals surface area contributed by atoms with Gasteiger partial charge in [-0.1, -0.05) is 48.0 Å². The van der Waals surface area contributed by atoms with Crippen molar-refractivity contribution in [1.82, 2.24) is 5.32 Å². The van der Waals surface area contributed by atoms with Crippen molar-refractivity contribution in [3.8, 4) is 5.75 Å². The van der Waals surface area contributed by atoms with Crippen LogP contribution >= 0.6 is 11.6 Å². The summed E-state index contributed by atoms with van der Waals surface area (Å²) in [4.78, 5) is 22.1. The fourth-order valence-electron chi connectivity index (χ4n) is 2.53. The number of carbonyl (C=O) groups is 1. The van der Waals surface area contributed by atoms with Crippen LogP contribution in [-0.2, 0) is 0 Å². The van der Waals surface area contributed by atoms with Crippen molar-refractivity contribution in [2.45, 2.75) is 0 Å². The lowest BCUT2D eigenvalue weighted by Crippen LogP contribution is -2.32. The molecule has 27 heavy (non-hydrogen) atoms. The van der Waals surface area contributed by atoms with Gasteiger partial charge in [0.25, 0.3) is 5.69 Å². The molecule has 0 aromatic heterocycles. The zero-order valence-electron chi connectivity index (χ0n) is 14.1. The Morgan fingerprint density at radius 2 is 1.89 bits per heavy atom. The minimum absolute atomic E-state index is 0.0892. The Kier molecular flexibility index (Phi) is 5.73. The van der Waals surface area contributed by atoms with Gasteiger partial charge in [-0.2, -0.15) is 0 Å². The fraction of sp³-hybridized carbons (Fsp3) is 0.105. The summed E-state index contributed by atoms with van der Waals surface area (Å²) < 4.78 is 5.74. The zero-order chi connectivity index (χ0) is 19.2. The first kappa shape index (κ1) is 18.5. The molecular weight excluding hydrogens is 370 g/mol. The molecule has 0 aliphatic heterocycles. The maximum Gasteiger partial charge on any atom is 0.319 e. The summed E-state index contributed by atoms with van der Waals surface area (Å²) in [6, 6.07) is 17.0. The van der Waals surface area contributed by atoms with Crippen LogP contribution in [0, 0.1) is 10.1 Å². The van der Waals surface area contributed by atoms with Gasteiger partial charge in [-0.25, -0.2) is 4.79 Å². The predicted molar refractivity (Wildman–Crippen MR) is 105 cm³/mol. The van der Waals surface area contributed by atoms with Gasteiger partial charge >= 0.3 is 6.03 Å². The molecule has 0 unspecified atom stereocenters. The Morgan fingerprint density at radius 1 is 1.11 bits per heavy atom. The average Bonchev–Trinajstić information content (AvgIpc) is 2.66. The molecule has 0 bridgehead atoms. The standard InChI is InChI=1S/C19H16ClN3O4/c20-16-12-14(23(25)26)8-9-17(16)22-19(24)21-10-11-27-18-7-3-5-13-4-1-2-6-15(13)18/h1-9,12H,10-11H2,(H2,21,22,24). The highest BCUT2D eigenvalue weighted by Gasteiger charge is 2.11. The van der Waals surface area contributed by atoms with Crippen molar-refractivity contribution in [3.63, 3.8) is 0 Å². The Hall–Kier alpha value is -3.32. The molecule has 3 rings (SSSR count). The molecule has 0 spiro atoms. The number of ether oxygens (including phenoxy) is 1. The molecule has 0 atom stereocenters. The molecule has 7 nitrogen and oxygen atoms in total. The maximum atomic E-state index is 11.9. The van der Waals surface area contributed by atoms with Crippen molar-refractivity contribution in [2.75, 3.05) is 18.5 Å². The largest absolute Gasteiger partial charge is 0.491 e. The van der Waals surface area contributed by atoms with Gasteiger partial charge in [0.2, 0.25) is 0 Å². The number of non-ortho nitro benzene ring substituents is 1. The number of amides is 2. The van der Waals surface area contributed by atoms with Gasteiger partial charge in [0.05, 0.1) is 22.2 Å². The summed E-state index contributed by atoms with van der Waals surface area (Å²) in [5.74, 6) is 0.744. The van der Waals surface area contributed by atoms with Gasteiger partial charge < -0.3 is 15.4 Å². The van der Waals surface area contributed by atoms with Gasteiger partial charge in [0, 0.05) is 17.5 Å². The van der Waals surface area contributed by atoms with Crippen LogP contribution in [0.5, 0.6) is 5.75 Å². The normalized spacial score (nSPS) is 10.4. The molecular formula is C19H16ClN3O4. The zero-order valence-corrected chi connectivity index (χ0v) is 14.9. The van der Waals surface area contributed by atoms with E-state index in [4.69, 9.17) is 16.3 Å². The first-order valence-electron chi connectivity index (χ1n) is 8.14. The Balaban J connectivity index is 1.50. The van der Waals surface area contributed by atoms with Crippen LogP contribution < -0.4 is 15.4 Å². The van der Waals surface area contributed by atoms with Gasteiger partial charge in [0.15, 0.2) is 0 Å². The number of nitrogens with one attached hydrogen (secondary N) is 2. The third-order valence-corrected chi connectivity index (χ3v) is 4.12. The lowest BCUT2D eigenvalue weighted by atomic mass is 10.1. The number of carbonyl (C=O) groups excluding carboxylic acids is 1. The summed E-state index contributed by atoms with van der Waals surface area (Å²) >= 11 is 5.94. The molecule has 0 saturated carbocycles. The van der Waals surface area contributed by atoms with Crippen molar-refractivity contribution in [2.24, 2.45) is 0 Å². The SMILES string of the molecule is O=C(NCCOc1cccc2ccccc12)Nc1ccc([N+](=O)[O-])cc1Cl. The molecule has 2 amide bonds. The quantitative estimate of drug-likeness (QED) is 0.368. The van der Waals surface area contributed by atoms with Gasteiger partial charge in [-0.15, -0.1) is 0 Å². The molecule has 3 aromatic carbocycles. The van der Waals surface area contributed by atoms with Crippen LogP contribution in [0.25, 0.3) is 10.8 Å². The van der Waals surface area contributed by atoms with E-state index in [1.54, 1.807) is 0 Å². The third-order valence-electron chi connectivity index (χ3n) is 3.81. The van der Waals surface area contributed by atoms with E-state index in [0.717, 1.165) is 16.5 Å². The van der Waals surface area contributed by atoms with Crippen molar-refractivity contribution < 1.29 is 14.5 Å². The van der Waals surface area contributed by atoms with Gasteiger partial charge in [0.1, 0.15) is 12.4 Å². The second-order valence-electron chi connectivity index (χ2n) is 5.63. The van der Waals surface area contributed by atoms with Crippen LogP contribution in [0.3, 0.4) is 0 Å². The number of hydrogen-bond acceptors (Lipinski definition) is 4. The number of halogens is 1. The van der Waals surface area contributed by atoms with Crippen molar-refractivity contribution >= 4 is 39.8 Å². The fourth-order valence-corrected chi connectivity index (χ4v) is 2.75.